The zero-order chi connectivity index (χ0) is 20.9. The average Bonchev–Trinajstić information content (AvgIpc) is 2.80. The Bertz CT molecular complexity index is 1090. The summed E-state index contributed by atoms with van der Waals surface area (Å²) in [5, 5.41) is 5.00. The maximum atomic E-state index is 12.7. The van der Waals surface area contributed by atoms with Gasteiger partial charge in [-0.3, -0.25) is 9.78 Å². The summed E-state index contributed by atoms with van der Waals surface area (Å²) in [7, 11) is 1.63. The topological polar surface area (TPSA) is 63.7 Å². The monoisotopic (exact) mass is 403 g/mol. The third kappa shape index (κ3) is 4.28. The molecule has 1 aliphatic heterocycles. The first-order valence-corrected chi connectivity index (χ1v) is 9.99. The molecule has 2 aromatic carbocycles. The van der Waals surface area contributed by atoms with E-state index in [1.54, 1.807) is 25.6 Å². The molecule has 6 nitrogen and oxygen atoms in total. The lowest BCUT2D eigenvalue weighted by Crippen LogP contribution is -2.36. The number of carbonyl (C=O) groups excluding carboxylic acids is 1. The highest BCUT2D eigenvalue weighted by Crippen LogP contribution is 2.32. The van der Waals surface area contributed by atoms with Gasteiger partial charge in [0, 0.05) is 48.0 Å². The second kappa shape index (κ2) is 8.97. The van der Waals surface area contributed by atoms with Crippen molar-refractivity contribution < 1.29 is 14.3 Å². The Hall–Kier alpha value is -3.38. The fraction of sp³-hybridized carbons (Fsp3) is 0.250. The Kier molecular flexibility index (Phi) is 5.95. The second-order valence-corrected chi connectivity index (χ2v) is 7.20. The summed E-state index contributed by atoms with van der Waals surface area (Å²) in [6, 6.07) is 13.7. The van der Waals surface area contributed by atoms with Gasteiger partial charge in [0.15, 0.2) is 0 Å². The van der Waals surface area contributed by atoms with Crippen LogP contribution in [0.1, 0.15) is 12.5 Å². The minimum absolute atomic E-state index is 0.181. The molecular weight excluding hydrogens is 378 g/mol. The van der Waals surface area contributed by atoms with Gasteiger partial charge in [-0.05, 0) is 48.4 Å². The number of rotatable bonds is 5. The van der Waals surface area contributed by atoms with Crippen LogP contribution in [0, 0.1) is 0 Å². The smallest absolute Gasteiger partial charge is 0.248 e. The van der Waals surface area contributed by atoms with Crippen molar-refractivity contribution in [3.8, 4) is 5.75 Å². The van der Waals surface area contributed by atoms with Crippen LogP contribution in [-0.2, 0) is 9.53 Å². The number of aromatic nitrogens is 1. The predicted octanol–water partition coefficient (Wildman–Crippen LogP) is 4.12. The zero-order valence-corrected chi connectivity index (χ0v) is 17.2. The SMILES string of the molecule is COc1cccc(/C(C)=C/C(=O)Nc2ccc(N3CCOCC3)c3ccncc23)c1. The highest BCUT2D eigenvalue weighted by atomic mass is 16.5. The van der Waals surface area contributed by atoms with Gasteiger partial charge in [0.1, 0.15) is 5.75 Å². The molecule has 154 valence electrons. The fourth-order valence-electron chi connectivity index (χ4n) is 3.68. The molecule has 6 heteroatoms. The Morgan fingerprint density at radius 1 is 1.17 bits per heavy atom. The molecule has 0 aliphatic carbocycles. The molecule has 4 rings (SSSR count). The summed E-state index contributed by atoms with van der Waals surface area (Å²) in [4.78, 5) is 19.3. The largest absolute Gasteiger partial charge is 0.497 e. The summed E-state index contributed by atoms with van der Waals surface area (Å²) in [5.74, 6) is 0.580. The lowest BCUT2D eigenvalue weighted by atomic mass is 10.1. The van der Waals surface area contributed by atoms with Crippen LogP contribution in [0.4, 0.5) is 11.4 Å². The number of pyridine rings is 1. The standard InChI is InChI=1S/C24H25N3O3/c1-17(18-4-3-5-19(15-18)29-2)14-24(28)26-22-6-7-23(27-10-12-30-13-11-27)20-8-9-25-16-21(20)22/h3-9,14-16H,10-13H2,1-2H3,(H,26,28)/b17-14+. The normalized spacial score (nSPS) is 14.6. The number of hydrogen-bond donors (Lipinski definition) is 1. The molecule has 30 heavy (non-hydrogen) atoms. The Labute approximate surface area is 176 Å². The maximum absolute atomic E-state index is 12.7. The van der Waals surface area contributed by atoms with Crippen LogP contribution >= 0.6 is 0 Å². The van der Waals surface area contributed by atoms with E-state index in [0.29, 0.717) is 0 Å². The van der Waals surface area contributed by atoms with E-state index in [-0.39, 0.29) is 5.91 Å². The highest BCUT2D eigenvalue weighted by Gasteiger charge is 2.16. The van der Waals surface area contributed by atoms with Crippen molar-refractivity contribution in [1.29, 1.82) is 0 Å². The molecule has 1 fully saturated rings. The first-order chi connectivity index (χ1) is 14.7. The van der Waals surface area contributed by atoms with Crippen molar-refractivity contribution in [3.63, 3.8) is 0 Å². The number of benzene rings is 2. The van der Waals surface area contributed by atoms with Crippen LogP contribution in [-0.4, -0.2) is 44.3 Å². The van der Waals surface area contributed by atoms with Crippen molar-refractivity contribution in [1.82, 2.24) is 4.98 Å². The molecule has 1 N–H and O–H groups in total. The van der Waals surface area contributed by atoms with Crippen molar-refractivity contribution in [3.05, 3.63) is 66.5 Å². The van der Waals surface area contributed by atoms with Gasteiger partial charge in [-0.15, -0.1) is 0 Å². The molecule has 1 saturated heterocycles. The third-order valence-corrected chi connectivity index (χ3v) is 5.28. The van der Waals surface area contributed by atoms with Crippen molar-refractivity contribution in [2.24, 2.45) is 0 Å². The van der Waals surface area contributed by atoms with Crippen LogP contribution < -0.4 is 15.0 Å². The maximum Gasteiger partial charge on any atom is 0.248 e. The van der Waals surface area contributed by atoms with E-state index in [0.717, 1.165) is 65.3 Å². The van der Waals surface area contributed by atoms with Crippen molar-refractivity contribution in [2.75, 3.05) is 43.6 Å². The van der Waals surface area contributed by atoms with E-state index in [4.69, 9.17) is 9.47 Å². The van der Waals surface area contributed by atoms with E-state index >= 15 is 0 Å². The number of allylic oxidation sites excluding steroid dienone is 1. The van der Waals surface area contributed by atoms with Gasteiger partial charge in [-0.1, -0.05) is 12.1 Å². The average molecular weight is 403 g/mol. The van der Waals surface area contributed by atoms with Gasteiger partial charge in [-0.2, -0.15) is 0 Å². The predicted molar refractivity (Wildman–Crippen MR) is 120 cm³/mol. The lowest BCUT2D eigenvalue weighted by molar-refractivity contribution is -0.111. The summed E-state index contributed by atoms with van der Waals surface area (Å²) < 4.78 is 10.7. The van der Waals surface area contributed by atoms with E-state index < -0.39 is 0 Å². The molecule has 0 spiro atoms. The fourth-order valence-corrected chi connectivity index (χ4v) is 3.68. The van der Waals surface area contributed by atoms with Gasteiger partial charge in [0.05, 0.1) is 26.0 Å². The van der Waals surface area contributed by atoms with E-state index in [1.165, 1.54) is 0 Å². The van der Waals surface area contributed by atoms with Crippen LogP contribution in [0.15, 0.2) is 60.9 Å². The summed E-state index contributed by atoms with van der Waals surface area (Å²) in [6.45, 7) is 5.06. The molecule has 1 aromatic heterocycles. The van der Waals surface area contributed by atoms with E-state index in [1.807, 2.05) is 43.3 Å². The number of fused-ring (bicyclic) bond motifs is 1. The Balaban J connectivity index is 1.60. The molecule has 1 amide bonds. The highest BCUT2D eigenvalue weighted by molar-refractivity contribution is 6.10. The summed E-state index contributed by atoms with van der Waals surface area (Å²) in [5.41, 5.74) is 3.68. The number of morpholine rings is 1. The molecule has 0 saturated carbocycles. The molecule has 0 atom stereocenters. The molecule has 0 radical (unpaired) electrons. The summed E-state index contributed by atoms with van der Waals surface area (Å²) >= 11 is 0. The van der Waals surface area contributed by atoms with Gasteiger partial charge in [0.25, 0.3) is 0 Å². The Morgan fingerprint density at radius 2 is 2.00 bits per heavy atom. The van der Waals surface area contributed by atoms with Gasteiger partial charge in [-0.25, -0.2) is 0 Å². The molecule has 3 aromatic rings. The first-order valence-electron chi connectivity index (χ1n) is 9.99. The number of methoxy groups -OCH3 is 1. The molecule has 2 heterocycles. The van der Waals surface area contributed by atoms with Crippen LogP contribution in [0.2, 0.25) is 0 Å². The van der Waals surface area contributed by atoms with E-state index in [9.17, 15) is 4.79 Å². The third-order valence-electron chi connectivity index (χ3n) is 5.28. The second-order valence-electron chi connectivity index (χ2n) is 7.20. The van der Waals surface area contributed by atoms with Crippen LogP contribution in [0.25, 0.3) is 16.3 Å². The van der Waals surface area contributed by atoms with E-state index in [2.05, 4.69) is 21.3 Å². The number of nitrogens with one attached hydrogen (secondary N) is 1. The Morgan fingerprint density at radius 3 is 2.80 bits per heavy atom. The summed E-state index contributed by atoms with van der Waals surface area (Å²) in [6.07, 6.45) is 5.19. The number of ether oxygens (including phenoxy) is 2. The number of amides is 1. The number of nitrogens with zero attached hydrogens (tertiary/aromatic N) is 2. The van der Waals surface area contributed by atoms with Gasteiger partial charge in [0.2, 0.25) is 5.91 Å². The van der Waals surface area contributed by atoms with Crippen molar-refractivity contribution in [2.45, 2.75) is 6.92 Å². The van der Waals surface area contributed by atoms with Gasteiger partial charge < -0.3 is 19.7 Å². The minimum Gasteiger partial charge on any atom is -0.497 e. The van der Waals surface area contributed by atoms with Crippen LogP contribution in [0.3, 0.4) is 0 Å². The number of carbonyl (C=O) groups is 1. The van der Waals surface area contributed by atoms with Crippen molar-refractivity contribution >= 4 is 33.6 Å². The molecule has 0 unspecified atom stereocenters. The quantitative estimate of drug-likeness (QED) is 0.649. The zero-order valence-electron chi connectivity index (χ0n) is 17.2. The van der Waals surface area contributed by atoms with Gasteiger partial charge >= 0.3 is 0 Å². The number of hydrogen-bond acceptors (Lipinski definition) is 5. The molecular formula is C24H25N3O3. The minimum atomic E-state index is -0.181. The first kappa shape index (κ1) is 19.9. The lowest BCUT2D eigenvalue weighted by Gasteiger charge is -2.30. The number of anilines is 2. The molecule has 1 aliphatic rings. The molecule has 0 bridgehead atoms. The van der Waals surface area contributed by atoms with Crippen LogP contribution in [0.5, 0.6) is 5.75 Å².